The van der Waals surface area contributed by atoms with Gasteiger partial charge in [-0.3, -0.25) is 0 Å². The molecule has 3 heteroatoms. The molecule has 1 aliphatic heterocycles. The molecule has 0 amide bonds. The first-order valence-electron chi connectivity index (χ1n) is 6.22. The molecule has 0 aliphatic carbocycles. The zero-order valence-electron chi connectivity index (χ0n) is 10.6. The molecule has 0 spiro atoms. The van der Waals surface area contributed by atoms with Crippen LogP contribution in [0, 0.1) is 0 Å². The fraction of sp³-hybridized carbons (Fsp3) is 0.571. The van der Waals surface area contributed by atoms with E-state index >= 15 is 0 Å². The summed E-state index contributed by atoms with van der Waals surface area (Å²) in [7, 11) is 1.74. The maximum atomic E-state index is 5.62. The lowest BCUT2D eigenvalue weighted by molar-refractivity contribution is 0.0770. The highest BCUT2D eigenvalue weighted by molar-refractivity contribution is 5.31. The molecule has 1 aromatic carbocycles. The summed E-state index contributed by atoms with van der Waals surface area (Å²) in [6.07, 6.45) is 1.02. The summed E-state index contributed by atoms with van der Waals surface area (Å²) in [4.78, 5) is 0. The smallest absolute Gasteiger partial charge is 0.0721 e. The van der Waals surface area contributed by atoms with Crippen molar-refractivity contribution < 1.29 is 9.47 Å². The largest absolute Gasteiger partial charge is 0.385 e. The Labute approximate surface area is 103 Å². The quantitative estimate of drug-likeness (QED) is 0.849. The number of nitrogens with one attached hydrogen (secondary N) is 1. The van der Waals surface area contributed by atoms with E-state index in [0.717, 1.165) is 26.2 Å². The van der Waals surface area contributed by atoms with Crippen LogP contribution in [0.5, 0.6) is 0 Å². The van der Waals surface area contributed by atoms with Gasteiger partial charge < -0.3 is 14.8 Å². The molecular formula is C14H21NO2. The highest BCUT2D eigenvalue weighted by atomic mass is 16.5. The van der Waals surface area contributed by atoms with Crippen molar-refractivity contribution in [2.75, 3.05) is 20.3 Å². The Morgan fingerprint density at radius 3 is 3.12 bits per heavy atom. The van der Waals surface area contributed by atoms with Crippen LogP contribution < -0.4 is 5.32 Å². The van der Waals surface area contributed by atoms with Gasteiger partial charge in [-0.2, -0.15) is 0 Å². The lowest BCUT2D eigenvalue weighted by Crippen LogP contribution is -2.36. The zero-order valence-corrected chi connectivity index (χ0v) is 10.6. The first-order chi connectivity index (χ1) is 8.31. The third-order valence-corrected chi connectivity index (χ3v) is 3.21. The molecule has 0 radical (unpaired) electrons. The van der Waals surface area contributed by atoms with Gasteiger partial charge in [0, 0.05) is 19.8 Å². The van der Waals surface area contributed by atoms with Gasteiger partial charge in [0.15, 0.2) is 0 Å². The van der Waals surface area contributed by atoms with E-state index in [1.54, 1.807) is 7.11 Å². The molecule has 1 heterocycles. The van der Waals surface area contributed by atoms with Crippen LogP contribution in [0.2, 0.25) is 0 Å². The summed E-state index contributed by atoms with van der Waals surface area (Å²) in [5, 5.41) is 3.60. The van der Waals surface area contributed by atoms with Crippen LogP contribution in [0.4, 0.5) is 0 Å². The monoisotopic (exact) mass is 235 g/mol. The fourth-order valence-electron chi connectivity index (χ4n) is 2.24. The first kappa shape index (κ1) is 12.6. The second-order valence-electron chi connectivity index (χ2n) is 4.62. The highest BCUT2D eigenvalue weighted by Crippen LogP contribution is 2.24. The lowest BCUT2D eigenvalue weighted by atomic mass is 9.98. The predicted molar refractivity (Wildman–Crippen MR) is 67.9 cm³/mol. The van der Waals surface area contributed by atoms with Crippen LogP contribution in [0.25, 0.3) is 0 Å². The average molecular weight is 235 g/mol. The van der Waals surface area contributed by atoms with Crippen molar-refractivity contribution in [1.82, 2.24) is 5.32 Å². The second-order valence-corrected chi connectivity index (χ2v) is 4.62. The van der Waals surface area contributed by atoms with E-state index in [9.17, 15) is 0 Å². The van der Waals surface area contributed by atoms with Gasteiger partial charge in [-0.05, 0) is 24.5 Å². The number of fused-ring (bicyclic) bond motifs is 1. The van der Waals surface area contributed by atoms with Gasteiger partial charge >= 0.3 is 0 Å². The Morgan fingerprint density at radius 1 is 1.47 bits per heavy atom. The van der Waals surface area contributed by atoms with Gasteiger partial charge in [-0.25, -0.2) is 0 Å². The number of ether oxygens (including phenoxy) is 2. The van der Waals surface area contributed by atoms with Gasteiger partial charge in [-0.15, -0.1) is 0 Å². The number of benzene rings is 1. The summed E-state index contributed by atoms with van der Waals surface area (Å²) >= 11 is 0. The van der Waals surface area contributed by atoms with Crippen LogP contribution in [-0.4, -0.2) is 26.4 Å². The summed E-state index contributed by atoms with van der Waals surface area (Å²) in [5.74, 6) is 0. The van der Waals surface area contributed by atoms with Crippen molar-refractivity contribution in [3.05, 3.63) is 35.4 Å². The minimum Gasteiger partial charge on any atom is -0.385 e. The summed E-state index contributed by atoms with van der Waals surface area (Å²) in [6, 6.07) is 9.25. The Hall–Kier alpha value is -0.900. The van der Waals surface area contributed by atoms with Crippen LogP contribution in [0.1, 0.15) is 30.5 Å². The molecule has 0 saturated heterocycles. The topological polar surface area (TPSA) is 30.5 Å². The first-order valence-corrected chi connectivity index (χ1v) is 6.22. The number of methoxy groups -OCH3 is 1. The third-order valence-electron chi connectivity index (χ3n) is 3.21. The molecule has 0 aromatic heterocycles. The van der Waals surface area contributed by atoms with Crippen molar-refractivity contribution in [2.24, 2.45) is 0 Å². The van der Waals surface area contributed by atoms with E-state index in [1.165, 1.54) is 11.1 Å². The normalized spacial score (nSPS) is 20.9. The van der Waals surface area contributed by atoms with Crippen LogP contribution in [0.15, 0.2) is 24.3 Å². The summed E-state index contributed by atoms with van der Waals surface area (Å²) < 4.78 is 10.7. The van der Waals surface area contributed by atoms with Crippen LogP contribution in [-0.2, 0) is 16.1 Å². The molecule has 1 aromatic rings. The molecule has 17 heavy (non-hydrogen) atoms. The minimum atomic E-state index is 0.312. The van der Waals surface area contributed by atoms with E-state index in [-0.39, 0.29) is 0 Å². The second kappa shape index (κ2) is 6.15. The number of hydrogen-bond donors (Lipinski definition) is 1. The maximum absolute atomic E-state index is 5.62. The molecule has 94 valence electrons. The molecule has 0 bridgehead atoms. The number of hydrogen-bond acceptors (Lipinski definition) is 3. The van der Waals surface area contributed by atoms with Gasteiger partial charge in [0.05, 0.1) is 19.3 Å². The highest BCUT2D eigenvalue weighted by Gasteiger charge is 2.21. The standard InChI is InChI=1S/C14H21NO2/c1-11(7-8-16-2)15-14-10-17-9-12-5-3-4-6-13(12)14/h3-6,11,14-15H,7-10H2,1-2H3. The van der Waals surface area contributed by atoms with Crippen LogP contribution in [0.3, 0.4) is 0 Å². The molecule has 2 rings (SSSR count). The van der Waals surface area contributed by atoms with Gasteiger partial charge in [0.25, 0.3) is 0 Å². The maximum Gasteiger partial charge on any atom is 0.0721 e. The zero-order chi connectivity index (χ0) is 12.1. The van der Waals surface area contributed by atoms with Crippen molar-refractivity contribution in [2.45, 2.75) is 32.0 Å². The minimum absolute atomic E-state index is 0.312. The van der Waals surface area contributed by atoms with Crippen molar-refractivity contribution in [3.63, 3.8) is 0 Å². The summed E-state index contributed by atoms with van der Waals surface area (Å²) in [6.45, 7) is 4.48. The summed E-state index contributed by atoms with van der Waals surface area (Å²) in [5.41, 5.74) is 2.68. The Bertz CT molecular complexity index is 354. The Morgan fingerprint density at radius 2 is 2.29 bits per heavy atom. The van der Waals surface area contributed by atoms with Gasteiger partial charge in [0.2, 0.25) is 0 Å². The Balaban J connectivity index is 1.98. The van der Waals surface area contributed by atoms with E-state index < -0.39 is 0 Å². The SMILES string of the molecule is COCCC(C)NC1COCc2ccccc21. The van der Waals surface area contributed by atoms with E-state index in [2.05, 4.69) is 36.5 Å². The molecular weight excluding hydrogens is 214 g/mol. The molecule has 1 aliphatic rings. The molecule has 0 saturated carbocycles. The van der Waals surface area contributed by atoms with E-state index in [1.807, 2.05) is 0 Å². The van der Waals surface area contributed by atoms with Crippen LogP contribution >= 0.6 is 0 Å². The Kier molecular flexibility index (Phi) is 4.54. The van der Waals surface area contributed by atoms with Crippen molar-refractivity contribution >= 4 is 0 Å². The van der Waals surface area contributed by atoms with Gasteiger partial charge in [0.1, 0.15) is 0 Å². The molecule has 0 fully saturated rings. The molecule has 2 atom stereocenters. The van der Waals surface area contributed by atoms with Gasteiger partial charge in [-0.1, -0.05) is 24.3 Å². The van der Waals surface area contributed by atoms with Crippen molar-refractivity contribution in [3.8, 4) is 0 Å². The average Bonchev–Trinajstić information content (AvgIpc) is 2.37. The fourth-order valence-corrected chi connectivity index (χ4v) is 2.24. The predicted octanol–water partition coefficient (Wildman–Crippen LogP) is 2.27. The molecule has 1 N–H and O–H groups in total. The number of rotatable bonds is 5. The van der Waals surface area contributed by atoms with Crippen molar-refractivity contribution in [1.29, 1.82) is 0 Å². The molecule has 3 nitrogen and oxygen atoms in total. The molecule has 2 unspecified atom stereocenters. The van der Waals surface area contributed by atoms with E-state index in [4.69, 9.17) is 9.47 Å². The third kappa shape index (κ3) is 3.28. The van der Waals surface area contributed by atoms with E-state index in [0.29, 0.717) is 12.1 Å². The lowest BCUT2D eigenvalue weighted by Gasteiger charge is -2.29.